The highest BCUT2D eigenvalue weighted by Gasteiger charge is 2.21. The van der Waals surface area contributed by atoms with Crippen molar-refractivity contribution in [3.05, 3.63) is 64.2 Å². The third-order valence-electron chi connectivity index (χ3n) is 3.84. The number of rotatable bonds is 5. The zero-order chi connectivity index (χ0) is 18.6. The first-order valence-corrected chi connectivity index (χ1v) is 8.49. The molecule has 0 aliphatic heterocycles. The number of halogens is 3. The van der Waals surface area contributed by atoms with E-state index in [1.165, 1.54) is 12.1 Å². The predicted octanol–water partition coefficient (Wildman–Crippen LogP) is 4.52. The Bertz CT molecular complexity index is 748. The second-order valence-electron chi connectivity index (χ2n) is 5.91. The molecule has 3 nitrogen and oxygen atoms in total. The molecule has 0 heterocycles. The van der Waals surface area contributed by atoms with Crippen molar-refractivity contribution < 1.29 is 8.78 Å². The normalized spacial score (nSPS) is 12.1. The van der Waals surface area contributed by atoms with Gasteiger partial charge in [-0.05, 0) is 63.1 Å². The van der Waals surface area contributed by atoms with E-state index >= 15 is 0 Å². The second-order valence-corrected chi connectivity index (χ2v) is 6.73. The number of hydrogen-bond acceptors (Lipinski definition) is 2. The Morgan fingerprint density at radius 1 is 1.20 bits per heavy atom. The van der Waals surface area contributed by atoms with Gasteiger partial charge in [0, 0.05) is 22.8 Å². The zero-order valence-corrected chi connectivity index (χ0v) is 15.8. The van der Waals surface area contributed by atoms with Crippen molar-refractivity contribution in [2.45, 2.75) is 13.0 Å². The van der Waals surface area contributed by atoms with Crippen molar-refractivity contribution >= 4 is 34.6 Å². The van der Waals surface area contributed by atoms with E-state index in [0.717, 1.165) is 0 Å². The van der Waals surface area contributed by atoms with E-state index < -0.39 is 0 Å². The van der Waals surface area contributed by atoms with Gasteiger partial charge in [-0.15, -0.1) is 0 Å². The van der Waals surface area contributed by atoms with Gasteiger partial charge in [0.15, 0.2) is 5.11 Å². The molecule has 0 aliphatic carbocycles. The van der Waals surface area contributed by atoms with Gasteiger partial charge in [-0.3, -0.25) is 0 Å². The smallest absolute Gasteiger partial charge is 0.170 e. The molecule has 0 saturated carbocycles. The Labute approximate surface area is 157 Å². The molecule has 0 radical (unpaired) electrons. The van der Waals surface area contributed by atoms with Gasteiger partial charge in [-0.2, -0.15) is 0 Å². The number of nitrogens with zero attached hydrogens (tertiary/aromatic N) is 1. The lowest BCUT2D eigenvalue weighted by atomic mass is 10.1. The summed E-state index contributed by atoms with van der Waals surface area (Å²) in [6.45, 7) is 2.03. The number of hydrogen-bond donors (Lipinski definition) is 2. The Morgan fingerprint density at radius 2 is 1.92 bits per heavy atom. The molecule has 0 spiro atoms. The van der Waals surface area contributed by atoms with Crippen LogP contribution in [-0.4, -0.2) is 30.7 Å². The average molecular weight is 384 g/mol. The third kappa shape index (κ3) is 5.11. The fraction of sp³-hybridized carbons (Fsp3) is 0.278. The molecule has 1 atom stereocenters. The molecule has 0 amide bonds. The lowest BCUT2D eigenvalue weighted by Crippen LogP contribution is -2.37. The molecule has 2 aromatic carbocycles. The standard InChI is InChI=1S/C18H20ClF2N3S/c1-11-7-8-12(9-15(11)21)23-18(25)22-10-16(24(2)3)17-13(19)5-4-6-14(17)20/h4-9,16H,10H2,1-3H3,(H2,22,23,25)/t16-/m0/s1. The first-order valence-electron chi connectivity index (χ1n) is 7.71. The molecule has 0 unspecified atom stereocenters. The van der Waals surface area contributed by atoms with Crippen LogP contribution in [0.25, 0.3) is 0 Å². The Hall–Kier alpha value is -1.76. The quantitative estimate of drug-likeness (QED) is 0.742. The van der Waals surface area contributed by atoms with Crippen LogP contribution >= 0.6 is 23.8 Å². The number of nitrogens with one attached hydrogen (secondary N) is 2. The van der Waals surface area contributed by atoms with Crippen LogP contribution < -0.4 is 10.6 Å². The molecule has 2 aromatic rings. The van der Waals surface area contributed by atoms with E-state index in [2.05, 4.69) is 10.6 Å². The van der Waals surface area contributed by atoms with Crippen molar-refractivity contribution in [3.63, 3.8) is 0 Å². The number of likely N-dealkylation sites (N-methyl/N-ethyl adjacent to an activating group) is 1. The summed E-state index contributed by atoms with van der Waals surface area (Å²) in [6, 6.07) is 9.07. The van der Waals surface area contributed by atoms with Crippen LogP contribution in [0.5, 0.6) is 0 Å². The highest BCUT2D eigenvalue weighted by Crippen LogP contribution is 2.28. The Balaban J connectivity index is 2.06. The van der Waals surface area contributed by atoms with Gasteiger partial charge in [0.05, 0.1) is 6.04 Å². The van der Waals surface area contributed by atoms with E-state index in [0.29, 0.717) is 33.5 Å². The summed E-state index contributed by atoms with van der Waals surface area (Å²) in [6.07, 6.45) is 0. The van der Waals surface area contributed by atoms with Gasteiger partial charge in [0.25, 0.3) is 0 Å². The number of benzene rings is 2. The summed E-state index contributed by atoms with van der Waals surface area (Å²) < 4.78 is 27.8. The summed E-state index contributed by atoms with van der Waals surface area (Å²) >= 11 is 11.4. The molecule has 25 heavy (non-hydrogen) atoms. The van der Waals surface area contributed by atoms with Gasteiger partial charge in [-0.25, -0.2) is 8.78 Å². The first-order chi connectivity index (χ1) is 11.8. The molecule has 0 aliphatic rings. The number of aryl methyl sites for hydroxylation is 1. The minimum Gasteiger partial charge on any atom is -0.361 e. The summed E-state index contributed by atoms with van der Waals surface area (Å²) in [5.74, 6) is -0.676. The van der Waals surface area contributed by atoms with Crippen molar-refractivity contribution in [2.24, 2.45) is 0 Å². The van der Waals surface area contributed by atoms with E-state index in [4.69, 9.17) is 23.8 Å². The molecule has 2 N–H and O–H groups in total. The fourth-order valence-corrected chi connectivity index (χ4v) is 2.90. The average Bonchev–Trinajstić information content (AvgIpc) is 2.53. The Kier molecular flexibility index (Phi) is 6.70. The molecule has 0 saturated heterocycles. The minimum absolute atomic E-state index is 0.308. The zero-order valence-electron chi connectivity index (χ0n) is 14.2. The molecule has 7 heteroatoms. The van der Waals surface area contributed by atoms with Crippen molar-refractivity contribution in [1.82, 2.24) is 10.2 Å². The number of anilines is 1. The highest BCUT2D eigenvalue weighted by atomic mass is 35.5. The first kappa shape index (κ1) is 19.6. The third-order valence-corrected chi connectivity index (χ3v) is 4.42. The molecule has 0 fully saturated rings. The maximum Gasteiger partial charge on any atom is 0.170 e. The van der Waals surface area contributed by atoms with E-state index in [9.17, 15) is 8.78 Å². The molecule has 134 valence electrons. The van der Waals surface area contributed by atoms with Gasteiger partial charge in [0.1, 0.15) is 11.6 Å². The van der Waals surface area contributed by atoms with Crippen LogP contribution in [0, 0.1) is 18.6 Å². The van der Waals surface area contributed by atoms with Crippen LogP contribution in [0.15, 0.2) is 36.4 Å². The van der Waals surface area contributed by atoms with E-state index in [-0.39, 0.29) is 17.7 Å². The van der Waals surface area contributed by atoms with Crippen LogP contribution in [0.2, 0.25) is 5.02 Å². The summed E-state index contributed by atoms with van der Waals surface area (Å²) in [4.78, 5) is 1.85. The molecular formula is C18H20ClF2N3S. The summed E-state index contributed by atoms with van der Waals surface area (Å²) in [5, 5.41) is 6.63. The minimum atomic E-state index is -0.368. The second kappa shape index (κ2) is 8.56. The van der Waals surface area contributed by atoms with E-state index in [1.54, 1.807) is 31.2 Å². The van der Waals surface area contributed by atoms with E-state index in [1.807, 2.05) is 19.0 Å². The lowest BCUT2D eigenvalue weighted by molar-refractivity contribution is 0.292. The number of thiocarbonyl (C=S) groups is 1. The van der Waals surface area contributed by atoms with Crippen molar-refractivity contribution in [1.29, 1.82) is 0 Å². The van der Waals surface area contributed by atoms with Crippen LogP contribution in [-0.2, 0) is 0 Å². The van der Waals surface area contributed by atoms with Crippen molar-refractivity contribution in [3.8, 4) is 0 Å². The topological polar surface area (TPSA) is 27.3 Å². The predicted molar refractivity (Wildman–Crippen MR) is 103 cm³/mol. The molecule has 0 aromatic heterocycles. The van der Waals surface area contributed by atoms with Gasteiger partial charge in [0.2, 0.25) is 0 Å². The van der Waals surface area contributed by atoms with Gasteiger partial charge in [-0.1, -0.05) is 23.7 Å². The summed E-state index contributed by atoms with van der Waals surface area (Å²) in [7, 11) is 3.67. The SMILES string of the molecule is Cc1ccc(NC(=S)NC[C@@H](c2c(F)cccc2Cl)N(C)C)cc1F. The molecule has 0 bridgehead atoms. The van der Waals surface area contributed by atoms with Crippen LogP contribution in [0.4, 0.5) is 14.5 Å². The van der Waals surface area contributed by atoms with Crippen molar-refractivity contribution in [2.75, 3.05) is 26.0 Å². The highest BCUT2D eigenvalue weighted by molar-refractivity contribution is 7.80. The maximum absolute atomic E-state index is 14.2. The fourth-order valence-electron chi connectivity index (χ4n) is 2.41. The molecule has 2 rings (SSSR count). The van der Waals surface area contributed by atoms with Gasteiger partial charge < -0.3 is 15.5 Å². The summed E-state index contributed by atoms with van der Waals surface area (Å²) in [5.41, 5.74) is 1.52. The molecular weight excluding hydrogens is 364 g/mol. The largest absolute Gasteiger partial charge is 0.361 e. The lowest BCUT2D eigenvalue weighted by Gasteiger charge is -2.27. The van der Waals surface area contributed by atoms with Gasteiger partial charge >= 0.3 is 0 Å². The Morgan fingerprint density at radius 3 is 2.52 bits per heavy atom. The van der Waals surface area contributed by atoms with Crippen LogP contribution in [0.1, 0.15) is 17.2 Å². The monoisotopic (exact) mass is 383 g/mol. The maximum atomic E-state index is 14.2. The van der Waals surface area contributed by atoms with Crippen LogP contribution in [0.3, 0.4) is 0 Å².